The number of nitrogens with one attached hydrogen (secondary N) is 2. The van der Waals surface area contributed by atoms with E-state index in [2.05, 4.69) is 16.7 Å². The van der Waals surface area contributed by atoms with Gasteiger partial charge in [0, 0.05) is 31.2 Å². The summed E-state index contributed by atoms with van der Waals surface area (Å²) in [4.78, 5) is 0. The Kier molecular flexibility index (Phi) is 3.08. The highest BCUT2D eigenvalue weighted by atomic mass is 16.5. The van der Waals surface area contributed by atoms with Crippen LogP contribution in [-0.2, 0) is 0 Å². The van der Waals surface area contributed by atoms with Gasteiger partial charge in [0.2, 0.25) is 0 Å². The van der Waals surface area contributed by atoms with Crippen LogP contribution in [0, 0.1) is 0 Å². The first-order valence-electron chi connectivity index (χ1n) is 5.19. The maximum Gasteiger partial charge on any atom is 0.146 e. The van der Waals surface area contributed by atoms with Crippen molar-refractivity contribution in [3.63, 3.8) is 0 Å². The first kappa shape index (κ1) is 10.3. The van der Waals surface area contributed by atoms with Gasteiger partial charge in [0.15, 0.2) is 0 Å². The Bertz CT molecular complexity index is 335. The number of benzene rings is 1. The molecule has 1 atom stereocenters. The molecule has 4 N–H and O–H groups in total. The van der Waals surface area contributed by atoms with Gasteiger partial charge < -0.3 is 21.1 Å². The molecule has 4 heteroatoms. The summed E-state index contributed by atoms with van der Waals surface area (Å²) >= 11 is 0. The average molecular weight is 207 g/mol. The van der Waals surface area contributed by atoms with Crippen LogP contribution in [0.2, 0.25) is 0 Å². The first-order valence-corrected chi connectivity index (χ1v) is 5.19. The van der Waals surface area contributed by atoms with Gasteiger partial charge in [-0.3, -0.25) is 0 Å². The third kappa shape index (κ3) is 2.06. The first-order chi connectivity index (χ1) is 7.33. The van der Waals surface area contributed by atoms with Crippen LogP contribution in [0.15, 0.2) is 18.2 Å². The fourth-order valence-corrected chi connectivity index (χ4v) is 1.96. The Hall–Kier alpha value is -1.26. The van der Waals surface area contributed by atoms with E-state index in [9.17, 15) is 0 Å². The van der Waals surface area contributed by atoms with Crippen molar-refractivity contribution in [2.75, 3.05) is 32.5 Å². The Labute approximate surface area is 89.8 Å². The number of ether oxygens (including phenoxy) is 1. The number of para-hydroxylation sites is 1. The van der Waals surface area contributed by atoms with Gasteiger partial charge in [-0.15, -0.1) is 0 Å². The molecule has 0 aromatic heterocycles. The molecule has 1 aromatic carbocycles. The molecule has 0 radical (unpaired) electrons. The van der Waals surface area contributed by atoms with Gasteiger partial charge in [0.05, 0.1) is 12.8 Å². The van der Waals surface area contributed by atoms with Gasteiger partial charge in [0.1, 0.15) is 5.75 Å². The summed E-state index contributed by atoms with van der Waals surface area (Å²) in [7, 11) is 1.66. The molecule has 4 nitrogen and oxygen atoms in total. The summed E-state index contributed by atoms with van der Waals surface area (Å²) in [5, 5.41) is 6.78. The number of nitrogens with two attached hydrogens (primary N) is 1. The van der Waals surface area contributed by atoms with Crippen LogP contribution in [-0.4, -0.2) is 26.7 Å². The third-order valence-corrected chi connectivity index (χ3v) is 2.70. The van der Waals surface area contributed by atoms with E-state index in [0.717, 1.165) is 30.9 Å². The second kappa shape index (κ2) is 4.51. The maximum atomic E-state index is 5.87. The molecule has 0 aliphatic carbocycles. The minimum absolute atomic E-state index is 0.289. The lowest BCUT2D eigenvalue weighted by molar-refractivity contribution is 0.383. The van der Waals surface area contributed by atoms with E-state index in [1.165, 1.54) is 0 Å². The number of anilines is 1. The molecule has 1 heterocycles. The van der Waals surface area contributed by atoms with Crippen molar-refractivity contribution in [1.82, 2.24) is 10.6 Å². The van der Waals surface area contributed by atoms with Crippen molar-refractivity contribution >= 4 is 5.69 Å². The SMILES string of the molecule is COc1c(N)cccc1C1CNCCN1. The van der Waals surface area contributed by atoms with Crippen molar-refractivity contribution in [3.05, 3.63) is 23.8 Å². The Morgan fingerprint density at radius 3 is 2.93 bits per heavy atom. The molecule has 0 amide bonds. The Balaban J connectivity index is 2.29. The molecule has 1 unspecified atom stereocenters. The predicted octanol–water partition coefficient (Wildman–Crippen LogP) is 0.511. The van der Waals surface area contributed by atoms with E-state index in [1.807, 2.05) is 12.1 Å². The largest absolute Gasteiger partial charge is 0.494 e. The van der Waals surface area contributed by atoms with Crippen LogP contribution in [0.4, 0.5) is 5.69 Å². The second-order valence-corrected chi connectivity index (χ2v) is 3.68. The standard InChI is InChI=1S/C11H17N3O/c1-15-11-8(3-2-4-9(11)12)10-7-13-5-6-14-10/h2-4,10,13-14H,5-7,12H2,1H3. The van der Waals surface area contributed by atoms with Crippen molar-refractivity contribution in [2.45, 2.75) is 6.04 Å². The van der Waals surface area contributed by atoms with Crippen LogP contribution < -0.4 is 21.1 Å². The van der Waals surface area contributed by atoms with E-state index < -0.39 is 0 Å². The van der Waals surface area contributed by atoms with Crippen LogP contribution in [0.5, 0.6) is 5.75 Å². The molecule has 2 rings (SSSR count). The minimum Gasteiger partial charge on any atom is -0.494 e. The van der Waals surface area contributed by atoms with Crippen LogP contribution in [0.3, 0.4) is 0 Å². The Morgan fingerprint density at radius 1 is 1.40 bits per heavy atom. The summed E-state index contributed by atoms with van der Waals surface area (Å²) < 4.78 is 5.34. The lowest BCUT2D eigenvalue weighted by Gasteiger charge is -2.26. The topological polar surface area (TPSA) is 59.3 Å². The highest BCUT2D eigenvalue weighted by Crippen LogP contribution is 2.30. The molecular weight excluding hydrogens is 190 g/mol. The van der Waals surface area contributed by atoms with Gasteiger partial charge in [-0.05, 0) is 6.07 Å². The lowest BCUT2D eigenvalue weighted by Crippen LogP contribution is -2.42. The highest BCUT2D eigenvalue weighted by molar-refractivity contribution is 5.57. The number of nitrogen functional groups attached to an aromatic ring is 1. The van der Waals surface area contributed by atoms with E-state index in [1.54, 1.807) is 7.11 Å². The Morgan fingerprint density at radius 2 is 2.27 bits per heavy atom. The van der Waals surface area contributed by atoms with Crippen molar-refractivity contribution in [3.8, 4) is 5.75 Å². The number of methoxy groups -OCH3 is 1. The molecule has 0 spiro atoms. The molecule has 0 bridgehead atoms. The molecule has 15 heavy (non-hydrogen) atoms. The molecule has 1 aliphatic rings. The van der Waals surface area contributed by atoms with Gasteiger partial charge in [-0.1, -0.05) is 12.1 Å². The molecule has 1 fully saturated rings. The van der Waals surface area contributed by atoms with Gasteiger partial charge in [0.25, 0.3) is 0 Å². The summed E-state index contributed by atoms with van der Waals surface area (Å²) in [5.74, 6) is 0.790. The van der Waals surface area contributed by atoms with Crippen LogP contribution in [0.1, 0.15) is 11.6 Å². The predicted molar refractivity (Wildman–Crippen MR) is 61.0 cm³/mol. The number of hydrogen-bond acceptors (Lipinski definition) is 4. The zero-order chi connectivity index (χ0) is 10.7. The number of hydrogen-bond donors (Lipinski definition) is 3. The fourth-order valence-electron chi connectivity index (χ4n) is 1.96. The third-order valence-electron chi connectivity index (χ3n) is 2.70. The highest BCUT2D eigenvalue weighted by Gasteiger charge is 2.19. The smallest absolute Gasteiger partial charge is 0.146 e. The van der Waals surface area contributed by atoms with E-state index in [4.69, 9.17) is 10.5 Å². The lowest BCUT2D eigenvalue weighted by atomic mass is 10.0. The number of piperazine rings is 1. The minimum atomic E-state index is 0.289. The fraction of sp³-hybridized carbons (Fsp3) is 0.455. The van der Waals surface area contributed by atoms with Crippen molar-refractivity contribution in [1.29, 1.82) is 0 Å². The summed E-state index contributed by atoms with van der Waals surface area (Å²) in [6.07, 6.45) is 0. The van der Waals surface area contributed by atoms with Crippen LogP contribution >= 0.6 is 0 Å². The molecule has 1 saturated heterocycles. The van der Waals surface area contributed by atoms with Crippen molar-refractivity contribution in [2.24, 2.45) is 0 Å². The summed E-state index contributed by atoms with van der Waals surface area (Å²) in [5.41, 5.74) is 7.69. The maximum absolute atomic E-state index is 5.87. The molecule has 0 saturated carbocycles. The van der Waals surface area contributed by atoms with Crippen LogP contribution in [0.25, 0.3) is 0 Å². The average Bonchev–Trinajstić information content (AvgIpc) is 2.30. The van der Waals surface area contributed by atoms with Gasteiger partial charge >= 0.3 is 0 Å². The normalized spacial score (nSPS) is 21.3. The van der Waals surface area contributed by atoms with E-state index in [0.29, 0.717) is 5.69 Å². The number of rotatable bonds is 2. The summed E-state index contributed by atoms with van der Waals surface area (Å²) in [6.45, 7) is 2.91. The van der Waals surface area contributed by atoms with Gasteiger partial charge in [-0.25, -0.2) is 0 Å². The zero-order valence-corrected chi connectivity index (χ0v) is 8.92. The molecule has 82 valence electrons. The van der Waals surface area contributed by atoms with Crippen molar-refractivity contribution < 1.29 is 4.74 Å². The van der Waals surface area contributed by atoms with E-state index >= 15 is 0 Å². The van der Waals surface area contributed by atoms with Gasteiger partial charge in [-0.2, -0.15) is 0 Å². The molecular formula is C11H17N3O. The molecule has 1 aromatic rings. The monoisotopic (exact) mass is 207 g/mol. The zero-order valence-electron chi connectivity index (χ0n) is 8.92. The molecule has 1 aliphatic heterocycles. The van der Waals surface area contributed by atoms with E-state index in [-0.39, 0.29) is 6.04 Å². The second-order valence-electron chi connectivity index (χ2n) is 3.68. The quantitative estimate of drug-likeness (QED) is 0.618. The summed E-state index contributed by atoms with van der Waals surface area (Å²) in [6, 6.07) is 6.17.